The number of benzene rings is 4. The number of carbonyl (C=O) groups is 2. The summed E-state index contributed by atoms with van der Waals surface area (Å²) in [5.41, 5.74) is 9.60. The van der Waals surface area contributed by atoms with Crippen LogP contribution in [-0.4, -0.2) is 54.4 Å². The molecule has 4 aromatic carbocycles. The zero-order valence-corrected chi connectivity index (χ0v) is 29.6. The van der Waals surface area contributed by atoms with E-state index in [0.29, 0.717) is 34.4 Å². The molecule has 266 valence electrons. The summed E-state index contributed by atoms with van der Waals surface area (Å²) in [5.74, 6) is 0.154. The first kappa shape index (κ1) is 35.8. The Morgan fingerprint density at radius 1 is 0.962 bits per heavy atom. The summed E-state index contributed by atoms with van der Waals surface area (Å²) >= 11 is 6.26. The molecule has 2 amide bonds. The lowest BCUT2D eigenvalue weighted by molar-refractivity contribution is -0.136. The first-order valence-corrected chi connectivity index (χ1v) is 17.0. The number of methoxy groups -OCH3 is 1. The number of urea groups is 1. The molecule has 2 heterocycles. The van der Waals surface area contributed by atoms with Crippen molar-refractivity contribution in [2.24, 2.45) is 5.10 Å². The SMILES string of the molecule is CCOc1cc([C@@H]2NC(=O)NC(C)=C2C(=O)OC)ccc1OC[C@H](O)N/N=C/c1cc(-c2ccccc2)n(-c2ccc(Cl)cc2)c1-c1ccccc1. The zero-order valence-electron chi connectivity index (χ0n) is 28.8. The Labute approximate surface area is 306 Å². The van der Waals surface area contributed by atoms with Crippen molar-refractivity contribution in [3.05, 3.63) is 137 Å². The molecule has 5 aromatic rings. The normalized spacial score (nSPS) is 14.8. The number of allylic oxidation sites excluding steroid dienone is 1. The molecule has 2 atom stereocenters. The summed E-state index contributed by atoms with van der Waals surface area (Å²) in [6.07, 6.45) is 0.491. The van der Waals surface area contributed by atoms with Crippen molar-refractivity contribution in [2.45, 2.75) is 26.1 Å². The Bertz CT molecular complexity index is 2100. The average Bonchev–Trinajstić information content (AvgIpc) is 3.54. The van der Waals surface area contributed by atoms with Gasteiger partial charge < -0.3 is 34.5 Å². The van der Waals surface area contributed by atoms with E-state index in [-0.39, 0.29) is 12.2 Å². The first-order valence-electron chi connectivity index (χ1n) is 16.6. The summed E-state index contributed by atoms with van der Waals surface area (Å²) in [5, 5.41) is 21.3. The number of amides is 2. The third kappa shape index (κ3) is 7.96. The Hall–Kier alpha value is -6.04. The molecule has 11 nitrogen and oxygen atoms in total. The fraction of sp³-hybridized carbons (Fsp3) is 0.175. The fourth-order valence-corrected chi connectivity index (χ4v) is 6.14. The summed E-state index contributed by atoms with van der Waals surface area (Å²) in [7, 11) is 1.28. The molecule has 0 saturated carbocycles. The van der Waals surface area contributed by atoms with Gasteiger partial charge in [0.15, 0.2) is 17.7 Å². The van der Waals surface area contributed by atoms with Gasteiger partial charge in [0.05, 0.1) is 42.9 Å². The van der Waals surface area contributed by atoms with E-state index in [0.717, 1.165) is 33.8 Å². The van der Waals surface area contributed by atoms with E-state index >= 15 is 0 Å². The molecule has 4 N–H and O–H groups in total. The maximum Gasteiger partial charge on any atom is 0.337 e. The van der Waals surface area contributed by atoms with Crippen LogP contribution < -0.4 is 25.5 Å². The Balaban J connectivity index is 1.24. The minimum atomic E-state index is -1.18. The number of ether oxygens (including phenoxy) is 3. The van der Waals surface area contributed by atoms with Gasteiger partial charge in [0.25, 0.3) is 0 Å². The van der Waals surface area contributed by atoms with Gasteiger partial charge in [0, 0.05) is 22.0 Å². The highest BCUT2D eigenvalue weighted by molar-refractivity contribution is 6.30. The van der Waals surface area contributed by atoms with Crippen molar-refractivity contribution in [1.82, 2.24) is 20.6 Å². The number of hydrazone groups is 1. The van der Waals surface area contributed by atoms with Crippen molar-refractivity contribution >= 4 is 29.8 Å². The summed E-state index contributed by atoms with van der Waals surface area (Å²) < 4.78 is 18.9. The number of halogens is 1. The van der Waals surface area contributed by atoms with Crippen LogP contribution in [0.25, 0.3) is 28.2 Å². The maximum absolute atomic E-state index is 12.6. The van der Waals surface area contributed by atoms with E-state index in [1.54, 1.807) is 31.3 Å². The molecule has 0 aliphatic carbocycles. The molecule has 0 unspecified atom stereocenters. The Morgan fingerprint density at radius 2 is 1.65 bits per heavy atom. The van der Waals surface area contributed by atoms with Gasteiger partial charge in [-0.05, 0) is 73.0 Å². The van der Waals surface area contributed by atoms with E-state index in [9.17, 15) is 14.7 Å². The molecule has 1 aliphatic rings. The quantitative estimate of drug-likeness (QED) is 0.0446. The summed E-state index contributed by atoms with van der Waals surface area (Å²) in [6.45, 7) is 3.62. The highest BCUT2D eigenvalue weighted by Crippen LogP contribution is 2.37. The predicted molar refractivity (Wildman–Crippen MR) is 201 cm³/mol. The molecule has 6 rings (SSSR count). The topological polar surface area (TPSA) is 135 Å². The van der Waals surface area contributed by atoms with Gasteiger partial charge >= 0.3 is 12.0 Å². The number of aliphatic hydroxyl groups excluding tert-OH is 1. The van der Waals surface area contributed by atoms with E-state index in [1.807, 2.05) is 79.7 Å². The van der Waals surface area contributed by atoms with Crippen LogP contribution in [0.3, 0.4) is 0 Å². The zero-order chi connectivity index (χ0) is 36.6. The first-order chi connectivity index (χ1) is 25.3. The number of nitrogens with one attached hydrogen (secondary N) is 3. The Kier molecular flexibility index (Phi) is 11.2. The smallest absolute Gasteiger partial charge is 0.337 e. The molecule has 52 heavy (non-hydrogen) atoms. The average molecular weight is 720 g/mol. The third-order valence-corrected chi connectivity index (χ3v) is 8.58. The standard InChI is InChI=1S/C40H38ClN5O6/c1-4-51-34-22-28(37-36(39(48)50-3)25(2)43-40(49)44-37)15-20-33(34)52-24-35(47)45-42-23-29-21-32(26-11-7-5-8-12-26)46(31-18-16-30(41)17-19-31)38(29)27-13-9-6-10-14-27/h5-23,35,37,45,47H,4,24H2,1-3H3,(H2,43,44,49)/b42-23+/t35-,37-/m0/s1. The van der Waals surface area contributed by atoms with Crippen LogP contribution in [0.15, 0.2) is 126 Å². The highest BCUT2D eigenvalue weighted by Gasteiger charge is 2.32. The highest BCUT2D eigenvalue weighted by atomic mass is 35.5. The van der Waals surface area contributed by atoms with Crippen molar-refractivity contribution in [2.75, 3.05) is 20.3 Å². The minimum absolute atomic E-state index is 0.167. The van der Waals surface area contributed by atoms with Crippen LogP contribution in [0.2, 0.25) is 5.02 Å². The number of hydrogen-bond donors (Lipinski definition) is 4. The number of aliphatic hydroxyl groups is 1. The summed E-state index contributed by atoms with van der Waals surface area (Å²) in [6, 6.07) is 33.7. The van der Waals surface area contributed by atoms with Gasteiger partial charge in [-0.3, -0.25) is 5.43 Å². The summed E-state index contributed by atoms with van der Waals surface area (Å²) in [4.78, 5) is 24.8. The van der Waals surface area contributed by atoms with E-state index in [1.165, 1.54) is 7.11 Å². The van der Waals surface area contributed by atoms with Gasteiger partial charge in [-0.1, -0.05) is 78.3 Å². The molecule has 0 radical (unpaired) electrons. The molecule has 0 bridgehead atoms. The molecule has 0 saturated heterocycles. The minimum Gasteiger partial charge on any atom is -0.490 e. The van der Waals surface area contributed by atoms with E-state index in [2.05, 4.69) is 43.9 Å². The molecule has 1 aromatic heterocycles. The number of hydrogen-bond acceptors (Lipinski definition) is 8. The largest absolute Gasteiger partial charge is 0.490 e. The molecular weight excluding hydrogens is 682 g/mol. The lowest BCUT2D eigenvalue weighted by Gasteiger charge is -2.28. The van der Waals surface area contributed by atoms with Crippen LogP contribution >= 0.6 is 11.6 Å². The van der Waals surface area contributed by atoms with Gasteiger partial charge in [0.2, 0.25) is 0 Å². The van der Waals surface area contributed by atoms with E-state index in [4.69, 9.17) is 25.8 Å². The maximum atomic E-state index is 12.6. The molecule has 0 spiro atoms. The second kappa shape index (κ2) is 16.3. The van der Waals surface area contributed by atoms with Crippen LogP contribution in [0, 0.1) is 0 Å². The number of nitrogens with zero attached hydrogens (tertiary/aromatic N) is 2. The number of esters is 1. The van der Waals surface area contributed by atoms with Gasteiger partial charge in [-0.25, -0.2) is 9.59 Å². The predicted octanol–water partition coefficient (Wildman–Crippen LogP) is 6.99. The van der Waals surface area contributed by atoms with E-state index < -0.39 is 24.3 Å². The van der Waals surface area contributed by atoms with Crippen LogP contribution in [0.5, 0.6) is 11.5 Å². The number of aromatic nitrogens is 1. The van der Waals surface area contributed by atoms with Gasteiger partial charge in [0.1, 0.15) is 6.61 Å². The molecule has 12 heteroatoms. The van der Waals surface area contributed by atoms with Crippen molar-refractivity contribution in [3.8, 4) is 39.7 Å². The molecule has 1 aliphatic heterocycles. The molecule has 0 fully saturated rings. The van der Waals surface area contributed by atoms with Crippen molar-refractivity contribution in [1.29, 1.82) is 0 Å². The monoisotopic (exact) mass is 719 g/mol. The number of rotatable bonds is 13. The fourth-order valence-electron chi connectivity index (χ4n) is 6.01. The van der Waals surface area contributed by atoms with Crippen molar-refractivity contribution < 1.29 is 28.9 Å². The van der Waals surface area contributed by atoms with Crippen LogP contribution in [0.1, 0.15) is 31.0 Å². The van der Waals surface area contributed by atoms with Crippen LogP contribution in [-0.2, 0) is 9.53 Å². The molecular formula is C40H38ClN5O6. The lowest BCUT2D eigenvalue weighted by atomic mass is 9.95. The number of carbonyl (C=O) groups excluding carboxylic acids is 2. The second-order valence-corrected chi connectivity index (χ2v) is 12.2. The third-order valence-electron chi connectivity index (χ3n) is 8.33. The van der Waals surface area contributed by atoms with Crippen LogP contribution in [0.4, 0.5) is 4.79 Å². The van der Waals surface area contributed by atoms with Gasteiger partial charge in [-0.15, -0.1) is 0 Å². The lowest BCUT2D eigenvalue weighted by Crippen LogP contribution is -2.45. The van der Waals surface area contributed by atoms with Crippen molar-refractivity contribution in [3.63, 3.8) is 0 Å². The Morgan fingerprint density at radius 3 is 2.33 bits per heavy atom. The second-order valence-electron chi connectivity index (χ2n) is 11.8. The van der Waals surface area contributed by atoms with Gasteiger partial charge in [-0.2, -0.15) is 5.10 Å².